The third-order valence-corrected chi connectivity index (χ3v) is 4.18. The number of hydrogen-bond donors (Lipinski definition) is 1. The molecule has 1 aliphatic carbocycles. The number of thioether (sulfide) groups is 1. The summed E-state index contributed by atoms with van der Waals surface area (Å²) in [4.78, 5) is 12.2. The van der Waals surface area contributed by atoms with E-state index in [1.165, 1.54) is 6.42 Å². The van der Waals surface area contributed by atoms with Gasteiger partial charge in [-0.1, -0.05) is 0 Å². The monoisotopic (exact) mass is 288 g/mol. The minimum absolute atomic E-state index is 0.162. The first-order valence-corrected chi connectivity index (χ1v) is 7.71. The second-order valence-electron chi connectivity index (χ2n) is 4.16. The highest BCUT2D eigenvalue weighted by Crippen LogP contribution is 2.29. The zero-order valence-corrected chi connectivity index (χ0v) is 12.1. The van der Waals surface area contributed by atoms with Crippen LogP contribution >= 0.6 is 23.4 Å². The lowest BCUT2D eigenvalue weighted by Crippen LogP contribution is -2.18. The summed E-state index contributed by atoms with van der Waals surface area (Å²) in [5.74, 6) is 0.505. The Hall–Kier alpha value is -0.750. The highest BCUT2D eigenvalue weighted by atomic mass is 35.5. The number of nitrogens with zero attached hydrogens (tertiary/aromatic N) is 3. The van der Waals surface area contributed by atoms with Crippen LogP contribution in [0.4, 0.5) is 5.95 Å². The highest BCUT2D eigenvalue weighted by Gasteiger charge is 2.24. The van der Waals surface area contributed by atoms with Gasteiger partial charge < -0.3 is 10.1 Å². The summed E-state index contributed by atoms with van der Waals surface area (Å²) < 4.78 is 5.24. The Bertz CT molecular complexity index is 407. The van der Waals surface area contributed by atoms with Gasteiger partial charge in [0.15, 0.2) is 0 Å². The van der Waals surface area contributed by atoms with Crippen LogP contribution in [0, 0.1) is 0 Å². The summed E-state index contributed by atoms with van der Waals surface area (Å²) in [6.45, 7) is 2.39. The van der Waals surface area contributed by atoms with Crippen LogP contribution in [0.3, 0.4) is 0 Å². The Balaban J connectivity index is 2.00. The fraction of sp³-hybridized carbons (Fsp3) is 0.727. The van der Waals surface area contributed by atoms with Crippen molar-refractivity contribution in [3.05, 3.63) is 5.28 Å². The average Bonchev–Trinajstić information content (AvgIpc) is 2.76. The molecule has 100 valence electrons. The van der Waals surface area contributed by atoms with Crippen molar-refractivity contribution in [3.63, 3.8) is 0 Å². The lowest BCUT2D eigenvalue weighted by Gasteiger charge is -2.13. The molecule has 1 saturated carbocycles. The fourth-order valence-corrected chi connectivity index (χ4v) is 3.01. The number of nitrogens with one attached hydrogen (secondary N) is 1. The Morgan fingerprint density at radius 3 is 2.89 bits per heavy atom. The lowest BCUT2D eigenvalue weighted by atomic mass is 10.2. The topological polar surface area (TPSA) is 59.9 Å². The van der Waals surface area contributed by atoms with Gasteiger partial charge in [0, 0.05) is 11.3 Å². The van der Waals surface area contributed by atoms with E-state index in [4.69, 9.17) is 16.3 Å². The van der Waals surface area contributed by atoms with E-state index in [9.17, 15) is 0 Å². The molecule has 1 N–H and O–H groups in total. The number of anilines is 1. The van der Waals surface area contributed by atoms with Crippen molar-refractivity contribution in [2.45, 2.75) is 37.5 Å². The second-order valence-corrected chi connectivity index (χ2v) is 5.63. The molecule has 1 aromatic heterocycles. The van der Waals surface area contributed by atoms with Crippen LogP contribution < -0.4 is 10.1 Å². The van der Waals surface area contributed by atoms with E-state index in [1.807, 2.05) is 18.7 Å². The normalized spacial score (nSPS) is 23.1. The van der Waals surface area contributed by atoms with Gasteiger partial charge in [0.2, 0.25) is 11.2 Å². The third-order valence-electron chi connectivity index (χ3n) is 2.91. The van der Waals surface area contributed by atoms with Crippen molar-refractivity contribution >= 4 is 29.3 Å². The van der Waals surface area contributed by atoms with E-state index in [1.54, 1.807) is 0 Å². The molecule has 0 saturated heterocycles. The van der Waals surface area contributed by atoms with Gasteiger partial charge >= 0.3 is 6.01 Å². The molecule has 0 amide bonds. The largest absolute Gasteiger partial charge is 0.464 e. The van der Waals surface area contributed by atoms with Crippen LogP contribution in [-0.4, -0.2) is 39.1 Å². The van der Waals surface area contributed by atoms with Gasteiger partial charge in [-0.25, -0.2) is 0 Å². The molecule has 0 radical (unpaired) electrons. The maximum absolute atomic E-state index is 5.84. The van der Waals surface area contributed by atoms with E-state index in [2.05, 4.69) is 26.5 Å². The Kier molecular flexibility index (Phi) is 4.88. The molecule has 2 rings (SSSR count). The first-order valence-electron chi connectivity index (χ1n) is 6.05. The smallest absolute Gasteiger partial charge is 0.322 e. The number of hydrogen-bond acceptors (Lipinski definition) is 6. The van der Waals surface area contributed by atoms with Crippen molar-refractivity contribution in [1.82, 2.24) is 15.0 Å². The van der Waals surface area contributed by atoms with Crippen molar-refractivity contribution in [3.8, 4) is 6.01 Å². The molecule has 1 aromatic rings. The Morgan fingerprint density at radius 2 is 2.22 bits per heavy atom. The molecule has 0 spiro atoms. The van der Waals surface area contributed by atoms with Gasteiger partial charge in [0.05, 0.1) is 6.61 Å². The molecule has 2 unspecified atom stereocenters. The van der Waals surface area contributed by atoms with Gasteiger partial charge in [-0.05, 0) is 44.0 Å². The van der Waals surface area contributed by atoms with Gasteiger partial charge in [-0.15, -0.1) is 0 Å². The van der Waals surface area contributed by atoms with Crippen molar-refractivity contribution in [2.24, 2.45) is 0 Å². The van der Waals surface area contributed by atoms with Crippen LogP contribution in [0.1, 0.15) is 26.2 Å². The number of aromatic nitrogens is 3. The summed E-state index contributed by atoms with van der Waals surface area (Å²) in [6.07, 6.45) is 5.66. The van der Waals surface area contributed by atoms with Gasteiger partial charge in [-0.2, -0.15) is 26.7 Å². The van der Waals surface area contributed by atoms with E-state index in [0.29, 0.717) is 18.6 Å². The number of ether oxygens (including phenoxy) is 1. The molecule has 0 aromatic carbocycles. The van der Waals surface area contributed by atoms with Gasteiger partial charge in [0.25, 0.3) is 0 Å². The van der Waals surface area contributed by atoms with E-state index in [-0.39, 0.29) is 11.3 Å². The zero-order chi connectivity index (χ0) is 13.0. The SMILES string of the molecule is CCOc1nc(Cl)nc(NC2CCC(SC)C2)n1. The third kappa shape index (κ3) is 3.62. The predicted octanol–water partition coefficient (Wildman–Crippen LogP) is 2.62. The van der Waals surface area contributed by atoms with Crippen LogP contribution in [0.15, 0.2) is 0 Å². The summed E-state index contributed by atoms with van der Waals surface area (Å²) in [7, 11) is 0. The van der Waals surface area contributed by atoms with Crippen molar-refractivity contribution in [1.29, 1.82) is 0 Å². The van der Waals surface area contributed by atoms with Crippen LogP contribution in [-0.2, 0) is 0 Å². The standard InChI is InChI=1S/C11H17ClN4OS/c1-3-17-11-15-9(12)14-10(16-11)13-7-4-5-8(6-7)18-2/h7-8H,3-6H2,1-2H3,(H,13,14,15,16). The van der Waals surface area contributed by atoms with Crippen molar-refractivity contribution in [2.75, 3.05) is 18.2 Å². The molecule has 1 heterocycles. The minimum Gasteiger partial charge on any atom is -0.464 e. The second kappa shape index (κ2) is 6.43. The zero-order valence-electron chi connectivity index (χ0n) is 10.5. The summed E-state index contributed by atoms with van der Waals surface area (Å²) >= 11 is 7.76. The molecule has 0 bridgehead atoms. The maximum Gasteiger partial charge on any atom is 0.322 e. The summed E-state index contributed by atoms with van der Waals surface area (Å²) in [5, 5.41) is 4.20. The predicted molar refractivity (Wildman–Crippen MR) is 74.6 cm³/mol. The number of rotatable bonds is 5. The van der Waals surface area contributed by atoms with Crippen LogP contribution in [0.25, 0.3) is 0 Å². The molecule has 18 heavy (non-hydrogen) atoms. The molecule has 2 atom stereocenters. The first kappa shape index (κ1) is 13.7. The summed E-state index contributed by atoms with van der Waals surface area (Å²) in [6, 6.07) is 0.690. The molecular formula is C11H17ClN4OS. The van der Waals surface area contributed by atoms with E-state index in [0.717, 1.165) is 18.1 Å². The number of halogens is 1. The van der Waals surface area contributed by atoms with E-state index < -0.39 is 0 Å². The summed E-state index contributed by atoms with van der Waals surface area (Å²) in [5.41, 5.74) is 0. The van der Waals surface area contributed by atoms with Gasteiger partial charge in [-0.3, -0.25) is 0 Å². The van der Waals surface area contributed by atoms with Crippen molar-refractivity contribution < 1.29 is 4.74 Å². The fourth-order valence-electron chi connectivity index (χ4n) is 2.06. The average molecular weight is 289 g/mol. The molecular weight excluding hydrogens is 272 g/mol. The van der Waals surface area contributed by atoms with E-state index >= 15 is 0 Å². The molecule has 1 aliphatic rings. The van der Waals surface area contributed by atoms with Crippen LogP contribution in [0.2, 0.25) is 5.28 Å². The highest BCUT2D eigenvalue weighted by molar-refractivity contribution is 7.99. The molecule has 1 fully saturated rings. The maximum atomic E-state index is 5.84. The molecule has 0 aliphatic heterocycles. The quantitative estimate of drug-likeness (QED) is 0.899. The minimum atomic E-state index is 0.162. The molecule has 5 nitrogen and oxygen atoms in total. The Labute approximate surface area is 116 Å². The Morgan fingerprint density at radius 1 is 1.39 bits per heavy atom. The van der Waals surface area contributed by atoms with Crippen LogP contribution in [0.5, 0.6) is 6.01 Å². The molecule has 7 heteroatoms. The first-order chi connectivity index (χ1) is 8.71. The van der Waals surface area contributed by atoms with Gasteiger partial charge in [0.1, 0.15) is 0 Å². The lowest BCUT2D eigenvalue weighted by molar-refractivity contribution is 0.312.